The molecule has 1 amide bonds. The molecule has 0 radical (unpaired) electrons. The van der Waals surface area contributed by atoms with Gasteiger partial charge in [0.1, 0.15) is 0 Å². The number of piperidine rings is 1. The maximum absolute atomic E-state index is 13.1. The number of fused-ring (bicyclic) bond motifs is 1. The molecule has 0 unspecified atom stereocenters. The van der Waals surface area contributed by atoms with E-state index in [2.05, 4.69) is 47.3 Å². The Hall–Kier alpha value is -2.92. The minimum atomic E-state index is -0.122. The number of likely N-dealkylation sites (N-methyl/N-ethyl adjacent to an activating group) is 1. The van der Waals surface area contributed by atoms with Crippen molar-refractivity contribution in [2.75, 3.05) is 26.7 Å². The fourth-order valence-corrected chi connectivity index (χ4v) is 4.40. The Bertz CT molecular complexity index is 1080. The first-order valence-corrected chi connectivity index (χ1v) is 10.7. The van der Waals surface area contributed by atoms with Crippen LogP contribution in [0, 0.1) is 6.92 Å². The highest BCUT2D eigenvalue weighted by Crippen LogP contribution is 2.22. The fraction of sp³-hybridized carbons (Fsp3) is 0.360. The van der Waals surface area contributed by atoms with E-state index in [1.165, 1.54) is 11.6 Å². The summed E-state index contributed by atoms with van der Waals surface area (Å²) in [6.07, 6.45) is 3.04. The summed E-state index contributed by atoms with van der Waals surface area (Å²) in [6.45, 7) is 4.53. The fourth-order valence-electron chi connectivity index (χ4n) is 4.40. The molecule has 1 aliphatic rings. The third kappa shape index (κ3) is 4.46. The standard InChI is InChI=1S/C25H29N3O2/c1-18-16-21(17-20-8-9-23(29)26-24(18)20)25(30)28-14-11-22(12-15-28)27(2)13-10-19-6-4-3-5-7-19/h3-9,16-17,22H,10-15H2,1-2H3,(H,26,29). The second-order valence-electron chi connectivity index (χ2n) is 8.32. The Morgan fingerprint density at radius 3 is 2.57 bits per heavy atom. The number of carbonyl (C=O) groups excluding carboxylic acids is 1. The van der Waals surface area contributed by atoms with Gasteiger partial charge in [0.15, 0.2) is 0 Å². The largest absolute Gasteiger partial charge is 0.339 e. The number of aryl methyl sites for hydroxylation is 1. The van der Waals surface area contributed by atoms with Crippen molar-refractivity contribution in [2.24, 2.45) is 0 Å². The van der Waals surface area contributed by atoms with Crippen molar-refractivity contribution >= 4 is 16.8 Å². The second-order valence-corrected chi connectivity index (χ2v) is 8.32. The molecule has 156 valence electrons. The predicted octanol–water partition coefficient (Wildman–Crippen LogP) is 3.62. The Morgan fingerprint density at radius 1 is 1.10 bits per heavy atom. The summed E-state index contributed by atoms with van der Waals surface area (Å²) in [5, 5.41) is 0.897. The lowest BCUT2D eigenvalue weighted by Gasteiger charge is -2.37. The van der Waals surface area contributed by atoms with Crippen LogP contribution in [0.1, 0.15) is 34.3 Å². The first-order valence-electron chi connectivity index (χ1n) is 10.7. The molecule has 1 saturated heterocycles. The quantitative estimate of drug-likeness (QED) is 0.708. The number of pyridine rings is 1. The van der Waals surface area contributed by atoms with E-state index in [0.717, 1.165) is 55.4 Å². The van der Waals surface area contributed by atoms with Crippen LogP contribution in [-0.4, -0.2) is 53.4 Å². The molecule has 30 heavy (non-hydrogen) atoms. The zero-order valence-corrected chi connectivity index (χ0v) is 17.7. The number of amides is 1. The monoisotopic (exact) mass is 403 g/mol. The van der Waals surface area contributed by atoms with Crippen molar-refractivity contribution in [3.8, 4) is 0 Å². The summed E-state index contributed by atoms with van der Waals surface area (Å²) in [5.41, 5.74) is 3.66. The summed E-state index contributed by atoms with van der Waals surface area (Å²) in [4.78, 5) is 31.9. The molecule has 1 aliphatic heterocycles. The summed E-state index contributed by atoms with van der Waals surface area (Å²) in [5.74, 6) is 0.0802. The number of aromatic amines is 1. The molecule has 0 saturated carbocycles. The van der Waals surface area contributed by atoms with Crippen LogP contribution in [0.5, 0.6) is 0 Å². The smallest absolute Gasteiger partial charge is 0.253 e. The van der Waals surface area contributed by atoms with Crippen LogP contribution < -0.4 is 5.56 Å². The van der Waals surface area contributed by atoms with E-state index < -0.39 is 0 Å². The van der Waals surface area contributed by atoms with Gasteiger partial charge in [-0.1, -0.05) is 30.3 Å². The second kappa shape index (κ2) is 8.84. The molecule has 2 heterocycles. The van der Waals surface area contributed by atoms with Crippen molar-refractivity contribution in [1.82, 2.24) is 14.8 Å². The Balaban J connectivity index is 1.36. The first kappa shape index (κ1) is 20.4. The van der Waals surface area contributed by atoms with Gasteiger partial charge < -0.3 is 14.8 Å². The number of nitrogens with zero attached hydrogens (tertiary/aromatic N) is 2. The molecule has 0 spiro atoms. The van der Waals surface area contributed by atoms with Crippen molar-refractivity contribution in [1.29, 1.82) is 0 Å². The predicted molar refractivity (Wildman–Crippen MR) is 121 cm³/mol. The molecule has 3 aromatic rings. The summed E-state index contributed by atoms with van der Waals surface area (Å²) < 4.78 is 0. The van der Waals surface area contributed by atoms with Crippen LogP contribution >= 0.6 is 0 Å². The third-order valence-electron chi connectivity index (χ3n) is 6.25. The third-order valence-corrected chi connectivity index (χ3v) is 6.25. The van der Waals surface area contributed by atoms with Crippen molar-refractivity contribution in [3.05, 3.63) is 81.6 Å². The number of benzene rings is 2. The van der Waals surface area contributed by atoms with Gasteiger partial charge >= 0.3 is 0 Å². The molecule has 0 aliphatic carbocycles. The van der Waals surface area contributed by atoms with Crippen molar-refractivity contribution < 1.29 is 4.79 Å². The molecule has 2 aromatic carbocycles. The number of hydrogen-bond acceptors (Lipinski definition) is 3. The van der Waals surface area contributed by atoms with Crippen LogP contribution in [0.2, 0.25) is 0 Å². The van der Waals surface area contributed by atoms with Gasteiger partial charge in [0, 0.05) is 37.3 Å². The van der Waals surface area contributed by atoms with Gasteiger partial charge in [-0.3, -0.25) is 9.59 Å². The van der Waals surface area contributed by atoms with Gasteiger partial charge in [-0.15, -0.1) is 0 Å². The zero-order valence-electron chi connectivity index (χ0n) is 17.7. The number of carbonyl (C=O) groups is 1. The maximum Gasteiger partial charge on any atom is 0.253 e. The van der Waals surface area contributed by atoms with Gasteiger partial charge in [0.25, 0.3) is 5.91 Å². The van der Waals surface area contributed by atoms with E-state index in [4.69, 9.17) is 0 Å². The van der Waals surface area contributed by atoms with E-state index in [1.54, 1.807) is 6.07 Å². The molecule has 1 fully saturated rings. The number of nitrogens with one attached hydrogen (secondary N) is 1. The van der Waals surface area contributed by atoms with Crippen LogP contribution in [0.4, 0.5) is 0 Å². The summed E-state index contributed by atoms with van der Waals surface area (Å²) in [6, 6.07) is 18.2. The molecular weight excluding hydrogens is 374 g/mol. The summed E-state index contributed by atoms with van der Waals surface area (Å²) >= 11 is 0. The molecule has 0 atom stereocenters. The topological polar surface area (TPSA) is 56.4 Å². The minimum Gasteiger partial charge on any atom is -0.339 e. The van der Waals surface area contributed by atoms with Crippen LogP contribution in [0.15, 0.2) is 59.4 Å². The Kier molecular flexibility index (Phi) is 6.00. The maximum atomic E-state index is 13.1. The molecular formula is C25H29N3O2. The number of H-pyrrole nitrogens is 1. The molecule has 5 heteroatoms. The molecule has 1 N–H and O–H groups in total. The highest BCUT2D eigenvalue weighted by atomic mass is 16.2. The molecule has 0 bridgehead atoms. The van der Waals surface area contributed by atoms with Crippen molar-refractivity contribution in [3.63, 3.8) is 0 Å². The van der Waals surface area contributed by atoms with Crippen LogP contribution in [-0.2, 0) is 6.42 Å². The number of aromatic nitrogens is 1. The normalized spacial score (nSPS) is 15.1. The van der Waals surface area contributed by atoms with E-state index >= 15 is 0 Å². The van der Waals surface area contributed by atoms with Gasteiger partial charge in [-0.2, -0.15) is 0 Å². The number of hydrogen-bond donors (Lipinski definition) is 1. The Morgan fingerprint density at radius 2 is 1.83 bits per heavy atom. The van der Waals surface area contributed by atoms with Crippen LogP contribution in [0.25, 0.3) is 10.9 Å². The van der Waals surface area contributed by atoms with E-state index in [9.17, 15) is 9.59 Å². The average molecular weight is 404 g/mol. The van der Waals surface area contributed by atoms with E-state index in [1.807, 2.05) is 24.0 Å². The highest BCUT2D eigenvalue weighted by molar-refractivity contribution is 5.98. The van der Waals surface area contributed by atoms with Crippen LogP contribution in [0.3, 0.4) is 0 Å². The lowest BCUT2D eigenvalue weighted by atomic mass is 10.0. The lowest BCUT2D eigenvalue weighted by molar-refractivity contribution is 0.0647. The Labute approximate surface area is 177 Å². The molecule has 4 rings (SSSR count). The minimum absolute atomic E-state index is 0.0802. The van der Waals surface area contributed by atoms with Crippen molar-refractivity contribution in [2.45, 2.75) is 32.2 Å². The summed E-state index contributed by atoms with van der Waals surface area (Å²) in [7, 11) is 2.19. The SMILES string of the molecule is Cc1cc(C(=O)N2CCC(N(C)CCc3ccccc3)CC2)cc2ccc(=O)[nH]c12. The average Bonchev–Trinajstić information content (AvgIpc) is 2.78. The number of rotatable bonds is 5. The molecule has 5 nitrogen and oxygen atoms in total. The lowest BCUT2D eigenvalue weighted by Crippen LogP contribution is -2.46. The van der Waals surface area contributed by atoms with Gasteiger partial charge in [-0.05, 0) is 67.9 Å². The molecule has 1 aromatic heterocycles. The number of likely N-dealkylation sites (tertiary alicyclic amines) is 1. The zero-order chi connectivity index (χ0) is 21.1. The highest BCUT2D eigenvalue weighted by Gasteiger charge is 2.26. The van der Waals surface area contributed by atoms with E-state index in [-0.39, 0.29) is 11.5 Å². The van der Waals surface area contributed by atoms with Gasteiger partial charge in [-0.25, -0.2) is 0 Å². The van der Waals surface area contributed by atoms with Gasteiger partial charge in [0.05, 0.1) is 5.52 Å². The van der Waals surface area contributed by atoms with Gasteiger partial charge in [0.2, 0.25) is 5.56 Å². The first-order chi connectivity index (χ1) is 14.5. The van der Waals surface area contributed by atoms with E-state index in [0.29, 0.717) is 11.6 Å².